The van der Waals surface area contributed by atoms with Gasteiger partial charge in [-0.3, -0.25) is 15.2 Å². The van der Waals surface area contributed by atoms with Crippen molar-refractivity contribution in [3.05, 3.63) is 101 Å². The molecule has 0 spiro atoms. The molecule has 4 atom stereocenters. The van der Waals surface area contributed by atoms with Gasteiger partial charge in [-0.25, -0.2) is 24.3 Å². The summed E-state index contributed by atoms with van der Waals surface area (Å²) in [7, 11) is 1.22. The molecule has 4 rings (SSSR count). The highest BCUT2D eigenvalue weighted by Crippen LogP contribution is 2.23. The third-order valence-corrected chi connectivity index (χ3v) is 9.73. The quantitative estimate of drug-likeness (QED) is 0.158. The molecule has 6 amide bonds. The number of amides is 6. The first-order valence-corrected chi connectivity index (χ1v) is 19.1. The smallest absolute Gasteiger partial charge is 0.417 e. The van der Waals surface area contributed by atoms with E-state index >= 15 is 0 Å². The SMILES string of the molecule is CCC(C)C(C(=O)NC(Cc1ccccc1)C(O)CN(Cc1ccc(C)cc1)NC(=O)N(CC(C)(C)C)C(=O)OC)N1CCN(Cc2cccc(C)n2)C1=O. The second-order valence-electron chi connectivity index (χ2n) is 15.8. The lowest BCUT2D eigenvalue weighted by Crippen LogP contribution is -2.59. The number of nitrogens with one attached hydrogen (secondary N) is 2. The van der Waals surface area contributed by atoms with Gasteiger partial charge in [-0.15, -0.1) is 0 Å². The van der Waals surface area contributed by atoms with E-state index in [-0.39, 0.29) is 43.9 Å². The molecule has 2 aromatic carbocycles. The number of carbonyl (C=O) groups excluding carboxylic acids is 4. The molecule has 1 aromatic heterocycles. The summed E-state index contributed by atoms with van der Waals surface area (Å²) in [5, 5.41) is 16.7. The van der Waals surface area contributed by atoms with Crippen LogP contribution in [0.2, 0.25) is 0 Å². The minimum Gasteiger partial charge on any atom is -0.452 e. The van der Waals surface area contributed by atoms with E-state index in [1.54, 1.807) is 14.8 Å². The Morgan fingerprint density at radius 2 is 1.65 bits per heavy atom. The summed E-state index contributed by atoms with van der Waals surface area (Å²) in [6, 6.07) is 20.5. The van der Waals surface area contributed by atoms with Crippen LogP contribution in [-0.2, 0) is 29.0 Å². The Balaban J connectivity index is 1.60. The van der Waals surface area contributed by atoms with E-state index in [1.165, 1.54) is 7.11 Å². The standard InChI is InChI=1S/C42H59N7O6/c1-9-30(3)37(48-23-22-46(40(48)53)26-34-17-13-14-31(4)43-34)38(51)44-35(24-32-15-11-10-12-16-32)36(50)27-47(25-33-20-18-29(2)19-21-33)45-39(52)49(41(54)55-8)28-42(5,6)7/h10-21,30,35-37,50H,9,22-28H2,1-8H3,(H,44,51)(H,45,52). The number of hydrogen-bond acceptors (Lipinski definition) is 8. The molecule has 1 fully saturated rings. The van der Waals surface area contributed by atoms with Crippen LogP contribution >= 0.6 is 0 Å². The highest BCUT2D eigenvalue weighted by atomic mass is 16.5. The zero-order valence-corrected chi connectivity index (χ0v) is 33.6. The first-order valence-electron chi connectivity index (χ1n) is 19.1. The fourth-order valence-corrected chi connectivity index (χ4v) is 6.66. The van der Waals surface area contributed by atoms with Crippen molar-refractivity contribution in [2.75, 3.05) is 33.3 Å². The number of rotatable bonds is 16. The number of hydrogen-bond donors (Lipinski definition) is 3. The molecule has 0 radical (unpaired) electrons. The van der Waals surface area contributed by atoms with Gasteiger partial charge in [0.2, 0.25) is 5.91 Å². The number of methoxy groups -OCH3 is 1. The molecule has 0 aliphatic carbocycles. The summed E-state index contributed by atoms with van der Waals surface area (Å²) in [4.78, 5) is 63.6. The second kappa shape index (κ2) is 19.5. The summed E-state index contributed by atoms with van der Waals surface area (Å²) in [6.45, 7) is 14.9. The van der Waals surface area contributed by atoms with Crippen LogP contribution in [0.4, 0.5) is 14.4 Å². The topological polar surface area (TPSA) is 148 Å². The van der Waals surface area contributed by atoms with Crippen molar-refractivity contribution in [3.63, 3.8) is 0 Å². The first-order chi connectivity index (χ1) is 26.1. The van der Waals surface area contributed by atoms with Crippen molar-refractivity contribution in [1.29, 1.82) is 0 Å². The number of urea groups is 2. The average Bonchev–Trinajstić information content (AvgIpc) is 3.49. The molecule has 13 heteroatoms. The van der Waals surface area contributed by atoms with Gasteiger partial charge in [0, 0.05) is 38.4 Å². The first kappa shape index (κ1) is 42.7. The number of aliphatic hydroxyl groups is 1. The molecule has 2 heterocycles. The van der Waals surface area contributed by atoms with Crippen LogP contribution < -0.4 is 10.7 Å². The molecule has 1 aliphatic heterocycles. The van der Waals surface area contributed by atoms with E-state index < -0.39 is 35.7 Å². The number of aromatic nitrogens is 1. The van der Waals surface area contributed by atoms with E-state index in [9.17, 15) is 24.3 Å². The Kier molecular flexibility index (Phi) is 15.2. The van der Waals surface area contributed by atoms with E-state index in [1.807, 2.05) is 121 Å². The fraction of sp³-hybridized carbons (Fsp3) is 0.500. The van der Waals surface area contributed by atoms with Crippen molar-refractivity contribution in [1.82, 2.24) is 35.4 Å². The van der Waals surface area contributed by atoms with Gasteiger partial charge in [0.1, 0.15) is 6.04 Å². The second-order valence-corrected chi connectivity index (χ2v) is 15.8. The Morgan fingerprint density at radius 3 is 2.27 bits per heavy atom. The Hall–Kier alpha value is -5.01. The summed E-state index contributed by atoms with van der Waals surface area (Å²) in [5.41, 5.74) is 6.86. The third kappa shape index (κ3) is 12.5. The highest BCUT2D eigenvalue weighted by Gasteiger charge is 2.41. The van der Waals surface area contributed by atoms with Crippen LogP contribution in [0.3, 0.4) is 0 Å². The van der Waals surface area contributed by atoms with Gasteiger partial charge < -0.3 is 25.0 Å². The maximum atomic E-state index is 14.4. The summed E-state index contributed by atoms with van der Waals surface area (Å²) < 4.78 is 4.94. The number of ether oxygens (including phenoxy) is 1. The molecular weight excluding hydrogens is 699 g/mol. The van der Waals surface area contributed by atoms with Crippen LogP contribution in [0.25, 0.3) is 0 Å². The van der Waals surface area contributed by atoms with E-state index in [0.29, 0.717) is 26.1 Å². The predicted octanol–water partition coefficient (Wildman–Crippen LogP) is 5.68. The molecule has 3 N–H and O–H groups in total. The van der Waals surface area contributed by atoms with Gasteiger partial charge in [0.05, 0.1) is 31.5 Å². The molecule has 0 bridgehead atoms. The Bertz CT molecular complexity index is 1730. The van der Waals surface area contributed by atoms with E-state index in [4.69, 9.17) is 4.74 Å². The number of pyridine rings is 1. The van der Waals surface area contributed by atoms with E-state index in [0.717, 1.165) is 33.0 Å². The Labute approximate surface area is 326 Å². The van der Waals surface area contributed by atoms with Crippen molar-refractivity contribution < 1.29 is 29.0 Å². The lowest BCUT2D eigenvalue weighted by molar-refractivity contribution is -0.128. The number of nitrogens with zero attached hydrogens (tertiary/aromatic N) is 5. The van der Waals surface area contributed by atoms with Crippen LogP contribution in [0.15, 0.2) is 72.8 Å². The third-order valence-electron chi connectivity index (χ3n) is 9.73. The number of aryl methyl sites for hydroxylation is 2. The molecular formula is C42H59N7O6. The molecule has 1 aliphatic rings. The normalized spacial score (nSPS) is 15.3. The number of hydrazine groups is 1. The molecule has 13 nitrogen and oxygen atoms in total. The summed E-state index contributed by atoms with van der Waals surface area (Å²) >= 11 is 0. The maximum absolute atomic E-state index is 14.4. The van der Waals surface area contributed by atoms with Crippen LogP contribution in [0, 0.1) is 25.2 Å². The number of carbonyl (C=O) groups is 4. The van der Waals surface area contributed by atoms with Gasteiger partial charge in [-0.05, 0) is 54.9 Å². The highest BCUT2D eigenvalue weighted by molar-refractivity contribution is 5.90. The molecule has 55 heavy (non-hydrogen) atoms. The minimum atomic E-state index is -1.19. The molecule has 0 saturated carbocycles. The van der Waals surface area contributed by atoms with Crippen molar-refractivity contribution in [2.24, 2.45) is 11.3 Å². The molecule has 298 valence electrons. The van der Waals surface area contributed by atoms with Crippen LogP contribution in [-0.4, -0.2) is 105 Å². The predicted molar refractivity (Wildman–Crippen MR) is 211 cm³/mol. The van der Waals surface area contributed by atoms with Gasteiger partial charge in [-0.2, -0.15) is 0 Å². The summed E-state index contributed by atoms with van der Waals surface area (Å²) in [6.07, 6.45) is -1.07. The van der Waals surface area contributed by atoms with Gasteiger partial charge in [-0.1, -0.05) is 107 Å². The van der Waals surface area contributed by atoms with Crippen molar-refractivity contribution in [3.8, 4) is 0 Å². The minimum absolute atomic E-state index is 0.0876. The number of imide groups is 1. The fourth-order valence-electron chi connectivity index (χ4n) is 6.66. The van der Waals surface area contributed by atoms with Crippen molar-refractivity contribution in [2.45, 2.75) is 92.6 Å². The van der Waals surface area contributed by atoms with Gasteiger partial charge in [0.25, 0.3) is 0 Å². The molecule has 4 unspecified atom stereocenters. The lowest BCUT2D eigenvalue weighted by Gasteiger charge is -2.35. The summed E-state index contributed by atoms with van der Waals surface area (Å²) in [5.74, 6) is -0.547. The monoisotopic (exact) mass is 757 g/mol. The van der Waals surface area contributed by atoms with Gasteiger partial charge >= 0.3 is 18.2 Å². The molecule has 3 aromatic rings. The van der Waals surface area contributed by atoms with Crippen LogP contribution in [0.5, 0.6) is 0 Å². The van der Waals surface area contributed by atoms with Crippen LogP contribution in [0.1, 0.15) is 69.1 Å². The Morgan fingerprint density at radius 1 is 0.964 bits per heavy atom. The average molecular weight is 758 g/mol. The maximum Gasteiger partial charge on any atom is 0.417 e. The zero-order valence-electron chi connectivity index (χ0n) is 33.6. The lowest BCUT2D eigenvalue weighted by atomic mass is 9.95. The number of aliphatic hydroxyl groups excluding tert-OH is 1. The van der Waals surface area contributed by atoms with E-state index in [2.05, 4.69) is 15.7 Å². The number of benzene rings is 2. The van der Waals surface area contributed by atoms with Crippen molar-refractivity contribution >= 4 is 24.1 Å². The van der Waals surface area contributed by atoms with Gasteiger partial charge in [0.15, 0.2) is 0 Å². The largest absolute Gasteiger partial charge is 0.452 e. The zero-order chi connectivity index (χ0) is 40.3. The molecule has 1 saturated heterocycles.